The molecule has 4 heteroatoms. The van der Waals surface area contributed by atoms with Crippen molar-refractivity contribution < 1.29 is 0 Å². The lowest BCUT2D eigenvalue weighted by atomic mass is 9.84. The quantitative estimate of drug-likeness (QED) is 0.918. The minimum absolute atomic E-state index is 0.290. The number of nitrogens with one attached hydrogen (secondary N) is 1. The lowest BCUT2D eigenvalue weighted by molar-refractivity contribution is 0.299. The number of aromatic nitrogens is 2. The molecule has 0 spiro atoms. The Morgan fingerprint density at radius 2 is 2.44 bits per heavy atom. The van der Waals surface area contributed by atoms with Crippen molar-refractivity contribution in [2.24, 2.45) is 5.92 Å². The van der Waals surface area contributed by atoms with Crippen LogP contribution in [0.4, 0.5) is 0 Å². The van der Waals surface area contributed by atoms with E-state index < -0.39 is 0 Å². The Balaban J connectivity index is 1.81. The molecule has 0 saturated carbocycles. The highest BCUT2D eigenvalue weighted by Gasteiger charge is 2.34. The molecule has 1 atom stereocenters. The molecular formula is C14H21N3S. The average Bonchev–Trinajstić information content (AvgIpc) is 2.93. The number of fused-ring (bicyclic) bond motifs is 1. The fourth-order valence-electron chi connectivity index (χ4n) is 3.26. The summed E-state index contributed by atoms with van der Waals surface area (Å²) in [6.45, 7) is 5.79. The minimum Gasteiger partial charge on any atom is -0.311 e. The standard InChI is InChI=1S/C14H21N3S/c1-11(2)8-14(4-3-5-15-14)9-12-10-17-6-7-18-13(17)16-12/h6-7,10-11,15H,3-5,8-9H2,1-2H3. The Hall–Kier alpha value is -0.870. The normalized spacial score (nSPS) is 24.4. The van der Waals surface area contributed by atoms with Crippen molar-refractivity contribution in [3.63, 3.8) is 0 Å². The van der Waals surface area contributed by atoms with Crippen LogP contribution in [-0.4, -0.2) is 21.5 Å². The summed E-state index contributed by atoms with van der Waals surface area (Å²) in [5.41, 5.74) is 1.52. The third kappa shape index (κ3) is 2.31. The van der Waals surface area contributed by atoms with E-state index in [9.17, 15) is 0 Å². The molecule has 2 aromatic heterocycles. The summed E-state index contributed by atoms with van der Waals surface area (Å²) >= 11 is 1.71. The Morgan fingerprint density at radius 1 is 1.56 bits per heavy atom. The van der Waals surface area contributed by atoms with Gasteiger partial charge in [0.05, 0.1) is 5.69 Å². The molecule has 1 saturated heterocycles. The van der Waals surface area contributed by atoms with Gasteiger partial charge in [0, 0.05) is 29.7 Å². The zero-order valence-corrected chi connectivity index (χ0v) is 12.0. The fraction of sp³-hybridized carbons (Fsp3) is 0.643. The van der Waals surface area contributed by atoms with Crippen molar-refractivity contribution in [2.75, 3.05) is 6.54 Å². The second kappa shape index (κ2) is 4.67. The first kappa shape index (κ1) is 12.2. The molecule has 0 radical (unpaired) electrons. The molecular weight excluding hydrogens is 242 g/mol. The van der Waals surface area contributed by atoms with Crippen molar-refractivity contribution in [1.29, 1.82) is 0 Å². The van der Waals surface area contributed by atoms with E-state index in [1.54, 1.807) is 11.3 Å². The van der Waals surface area contributed by atoms with Gasteiger partial charge < -0.3 is 5.32 Å². The van der Waals surface area contributed by atoms with Crippen LogP contribution < -0.4 is 5.32 Å². The van der Waals surface area contributed by atoms with Gasteiger partial charge in [0.25, 0.3) is 0 Å². The van der Waals surface area contributed by atoms with Crippen molar-refractivity contribution >= 4 is 16.3 Å². The van der Waals surface area contributed by atoms with Crippen LogP contribution in [0.25, 0.3) is 4.96 Å². The third-order valence-corrected chi connectivity index (χ3v) is 4.56. The lowest BCUT2D eigenvalue weighted by Gasteiger charge is -2.30. The van der Waals surface area contributed by atoms with Gasteiger partial charge in [-0.3, -0.25) is 4.40 Å². The van der Waals surface area contributed by atoms with Gasteiger partial charge in [0.1, 0.15) is 0 Å². The molecule has 3 heterocycles. The van der Waals surface area contributed by atoms with E-state index in [4.69, 9.17) is 4.98 Å². The molecule has 1 unspecified atom stereocenters. The second-order valence-corrected chi connectivity index (χ2v) is 6.78. The van der Waals surface area contributed by atoms with Gasteiger partial charge in [-0.05, 0) is 31.7 Å². The molecule has 0 bridgehead atoms. The van der Waals surface area contributed by atoms with Gasteiger partial charge in [-0.25, -0.2) is 4.98 Å². The Labute approximate surface area is 112 Å². The molecule has 1 aliphatic rings. The first-order valence-corrected chi connectivity index (χ1v) is 7.71. The summed E-state index contributed by atoms with van der Waals surface area (Å²) in [5, 5.41) is 5.83. The number of hydrogen-bond acceptors (Lipinski definition) is 3. The largest absolute Gasteiger partial charge is 0.311 e. The predicted molar refractivity (Wildman–Crippen MR) is 76.2 cm³/mol. The summed E-state index contributed by atoms with van der Waals surface area (Å²) in [6.07, 6.45) is 9.19. The molecule has 3 rings (SSSR count). The molecule has 1 fully saturated rings. The van der Waals surface area contributed by atoms with Gasteiger partial charge >= 0.3 is 0 Å². The van der Waals surface area contributed by atoms with E-state index >= 15 is 0 Å². The topological polar surface area (TPSA) is 29.3 Å². The molecule has 0 aliphatic carbocycles. The summed E-state index contributed by atoms with van der Waals surface area (Å²) in [7, 11) is 0. The lowest BCUT2D eigenvalue weighted by Crippen LogP contribution is -2.43. The second-order valence-electron chi connectivity index (χ2n) is 5.91. The highest BCUT2D eigenvalue weighted by molar-refractivity contribution is 7.15. The predicted octanol–water partition coefficient (Wildman–Crippen LogP) is 3.11. The summed E-state index contributed by atoms with van der Waals surface area (Å²) in [6, 6.07) is 0. The van der Waals surface area contributed by atoms with Crippen molar-refractivity contribution in [2.45, 2.75) is 45.1 Å². The van der Waals surface area contributed by atoms with Crippen molar-refractivity contribution in [3.8, 4) is 0 Å². The van der Waals surface area contributed by atoms with E-state index in [0.29, 0.717) is 0 Å². The van der Waals surface area contributed by atoms with E-state index in [2.05, 4.69) is 41.3 Å². The average molecular weight is 263 g/mol. The summed E-state index contributed by atoms with van der Waals surface area (Å²) in [5.74, 6) is 0.735. The van der Waals surface area contributed by atoms with Crippen LogP contribution in [-0.2, 0) is 6.42 Å². The van der Waals surface area contributed by atoms with E-state index in [1.807, 2.05) is 0 Å². The Kier molecular flexibility index (Phi) is 3.16. The maximum Gasteiger partial charge on any atom is 0.193 e. The Bertz CT molecular complexity index is 491. The van der Waals surface area contributed by atoms with E-state index in [-0.39, 0.29) is 5.54 Å². The number of imidazole rings is 1. The molecule has 0 amide bonds. The van der Waals surface area contributed by atoms with Crippen LogP contribution in [0, 0.1) is 5.92 Å². The summed E-state index contributed by atoms with van der Waals surface area (Å²) < 4.78 is 2.14. The molecule has 3 nitrogen and oxygen atoms in total. The van der Waals surface area contributed by atoms with Crippen LogP contribution in [0.1, 0.15) is 38.8 Å². The van der Waals surface area contributed by atoms with Crippen LogP contribution >= 0.6 is 11.3 Å². The van der Waals surface area contributed by atoms with Crippen molar-refractivity contribution in [3.05, 3.63) is 23.5 Å². The number of thiazole rings is 1. The highest BCUT2D eigenvalue weighted by Crippen LogP contribution is 2.30. The van der Waals surface area contributed by atoms with Crippen LogP contribution in [0.3, 0.4) is 0 Å². The molecule has 1 N–H and O–H groups in total. The van der Waals surface area contributed by atoms with Crippen molar-refractivity contribution in [1.82, 2.24) is 14.7 Å². The maximum absolute atomic E-state index is 4.73. The van der Waals surface area contributed by atoms with Gasteiger partial charge in [-0.2, -0.15) is 0 Å². The molecule has 18 heavy (non-hydrogen) atoms. The first-order chi connectivity index (χ1) is 8.67. The van der Waals surface area contributed by atoms with Gasteiger partial charge in [-0.1, -0.05) is 13.8 Å². The zero-order chi connectivity index (χ0) is 12.6. The maximum atomic E-state index is 4.73. The fourth-order valence-corrected chi connectivity index (χ4v) is 3.97. The molecule has 0 aromatic carbocycles. The Morgan fingerprint density at radius 3 is 3.11 bits per heavy atom. The van der Waals surface area contributed by atoms with Crippen LogP contribution in [0.2, 0.25) is 0 Å². The monoisotopic (exact) mass is 263 g/mol. The van der Waals surface area contributed by atoms with E-state index in [0.717, 1.165) is 23.8 Å². The van der Waals surface area contributed by atoms with Crippen LogP contribution in [0.5, 0.6) is 0 Å². The smallest absolute Gasteiger partial charge is 0.193 e. The molecule has 2 aromatic rings. The molecule has 98 valence electrons. The minimum atomic E-state index is 0.290. The number of rotatable bonds is 4. The van der Waals surface area contributed by atoms with Gasteiger partial charge in [-0.15, -0.1) is 11.3 Å². The van der Waals surface area contributed by atoms with Crippen LogP contribution in [0.15, 0.2) is 17.8 Å². The molecule has 1 aliphatic heterocycles. The SMILES string of the molecule is CC(C)CC1(Cc2cn3ccsc3n2)CCCN1. The number of nitrogens with zero attached hydrogens (tertiary/aromatic N) is 2. The van der Waals surface area contributed by atoms with E-state index in [1.165, 1.54) is 25.0 Å². The van der Waals surface area contributed by atoms with Gasteiger partial charge in [0.2, 0.25) is 0 Å². The van der Waals surface area contributed by atoms with Gasteiger partial charge in [0.15, 0.2) is 4.96 Å². The summed E-state index contributed by atoms with van der Waals surface area (Å²) in [4.78, 5) is 5.84. The zero-order valence-electron chi connectivity index (χ0n) is 11.1. The highest BCUT2D eigenvalue weighted by atomic mass is 32.1. The first-order valence-electron chi connectivity index (χ1n) is 6.83. The third-order valence-electron chi connectivity index (χ3n) is 3.79. The number of hydrogen-bond donors (Lipinski definition) is 1.